The predicted molar refractivity (Wildman–Crippen MR) is 85.0 cm³/mol. The van der Waals surface area contributed by atoms with Crippen molar-refractivity contribution in [3.8, 4) is 11.5 Å². The average molecular weight is 325 g/mol. The number of anilines is 1. The van der Waals surface area contributed by atoms with Crippen molar-refractivity contribution in [1.82, 2.24) is 0 Å². The summed E-state index contributed by atoms with van der Waals surface area (Å²) < 4.78 is 20.5. The zero-order valence-electron chi connectivity index (χ0n) is 14.1. The highest BCUT2D eigenvalue weighted by Gasteiger charge is 2.17. The fraction of sp³-hybridized carbons (Fsp3) is 0.500. The molecule has 0 radical (unpaired) electrons. The molecule has 7 nitrogen and oxygen atoms in total. The van der Waals surface area contributed by atoms with Crippen LogP contribution in [0.5, 0.6) is 11.5 Å². The number of benzene rings is 1. The van der Waals surface area contributed by atoms with E-state index in [1.807, 2.05) is 0 Å². The van der Waals surface area contributed by atoms with Crippen LogP contribution in [0.3, 0.4) is 0 Å². The zero-order chi connectivity index (χ0) is 17.5. The third-order valence-corrected chi connectivity index (χ3v) is 2.46. The SMILES string of the molecule is CCOC(=O)COc1ccc(NC(=O)OC(C)(C)C)cc1OC. The summed E-state index contributed by atoms with van der Waals surface area (Å²) in [5, 5.41) is 2.60. The predicted octanol–water partition coefficient (Wildman–Crippen LogP) is 2.98. The van der Waals surface area contributed by atoms with Crippen molar-refractivity contribution in [2.45, 2.75) is 33.3 Å². The number of ether oxygens (including phenoxy) is 4. The van der Waals surface area contributed by atoms with E-state index in [1.54, 1.807) is 45.9 Å². The van der Waals surface area contributed by atoms with Gasteiger partial charge in [0.1, 0.15) is 5.60 Å². The van der Waals surface area contributed by atoms with Crippen molar-refractivity contribution < 1.29 is 28.5 Å². The highest BCUT2D eigenvalue weighted by atomic mass is 16.6. The molecule has 0 saturated heterocycles. The van der Waals surface area contributed by atoms with E-state index in [9.17, 15) is 9.59 Å². The van der Waals surface area contributed by atoms with Crippen LogP contribution >= 0.6 is 0 Å². The molecule has 1 aromatic carbocycles. The Morgan fingerprint density at radius 3 is 2.43 bits per heavy atom. The van der Waals surface area contributed by atoms with E-state index < -0.39 is 17.7 Å². The second kappa shape index (κ2) is 8.26. The first kappa shape index (κ1) is 18.6. The lowest BCUT2D eigenvalue weighted by atomic mass is 10.2. The van der Waals surface area contributed by atoms with Crippen molar-refractivity contribution in [2.24, 2.45) is 0 Å². The van der Waals surface area contributed by atoms with Crippen molar-refractivity contribution in [2.75, 3.05) is 25.6 Å². The monoisotopic (exact) mass is 325 g/mol. The Morgan fingerprint density at radius 1 is 1.17 bits per heavy atom. The summed E-state index contributed by atoms with van der Waals surface area (Å²) in [5.41, 5.74) is -0.101. The first-order chi connectivity index (χ1) is 10.7. The molecular formula is C16H23NO6. The normalized spacial score (nSPS) is 10.7. The largest absolute Gasteiger partial charge is 0.493 e. The Hall–Kier alpha value is -2.44. The van der Waals surface area contributed by atoms with Gasteiger partial charge in [-0.05, 0) is 39.8 Å². The van der Waals surface area contributed by atoms with Gasteiger partial charge in [-0.1, -0.05) is 0 Å². The maximum Gasteiger partial charge on any atom is 0.412 e. The van der Waals surface area contributed by atoms with E-state index in [1.165, 1.54) is 7.11 Å². The summed E-state index contributed by atoms with van der Waals surface area (Å²) >= 11 is 0. The summed E-state index contributed by atoms with van der Waals surface area (Å²) in [5.74, 6) is 0.281. The highest BCUT2D eigenvalue weighted by Crippen LogP contribution is 2.30. The number of methoxy groups -OCH3 is 1. The zero-order valence-corrected chi connectivity index (χ0v) is 14.1. The third-order valence-electron chi connectivity index (χ3n) is 2.46. The topological polar surface area (TPSA) is 83.1 Å². The Bertz CT molecular complexity index is 550. The number of amides is 1. The summed E-state index contributed by atoms with van der Waals surface area (Å²) in [6.07, 6.45) is -0.570. The molecule has 0 aliphatic rings. The molecule has 0 fully saturated rings. The number of esters is 1. The second-order valence-corrected chi connectivity index (χ2v) is 5.59. The average Bonchev–Trinajstić information content (AvgIpc) is 2.44. The summed E-state index contributed by atoms with van der Waals surface area (Å²) in [6, 6.07) is 4.78. The quantitative estimate of drug-likeness (QED) is 0.810. The molecule has 1 rings (SSSR count). The van der Waals surface area contributed by atoms with Gasteiger partial charge in [0.05, 0.1) is 13.7 Å². The first-order valence-electron chi connectivity index (χ1n) is 7.21. The summed E-state index contributed by atoms with van der Waals surface area (Å²) in [7, 11) is 1.46. The maximum absolute atomic E-state index is 11.7. The number of nitrogens with one attached hydrogen (secondary N) is 1. The molecule has 1 aromatic rings. The van der Waals surface area contributed by atoms with Gasteiger partial charge >= 0.3 is 12.1 Å². The molecular weight excluding hydrogens is 302 g/mol. The van der Waals surface area contributed by atoms with E-state index in [4.69, 9.17) is 18.9 Å². The Balaban J connectivity index is 2.72. The van der Waals surface area contributed by atoms with Gasteiger partial charge in [-0.3, -0.25) is 5.32 Å². The molecule has 128 valence electrons. The first-order valence-corrected chi connectivity index (χ1v) is 7.21. The number of carbonyl (C=O) groups excluding carboxylic acids is 2. The molecule has 1 amide bonds. The van der Waals surface area contributed by atoms with Gasteiger partial charge in [0, 0.05) is 11.8 Å². The van der Waals surface area contributed by atoms with Crippen LogP contribution in [0.15, 0.2) is 18.2 Å². The molecule has 0 spiro atoms. The van der Waals surface area contributed by atoms with Crippen molar-refractivity contribution in [3.63, 3.8) is 0 Å². The molecule has 0 aliphatic carbocycles. The van der Waals surface area contributed by atoms with Crippen molar-refractivity contribution >= 4 is 17.7 Å². The molecule has 0 saturated carbocycles. The minimum Gasteiger partial charge on any atom is -0.493 e. The van der Waals surface area contributed by atoms with Crippen molar-refractivity contribution in [3.05, 3.63) is 18.2 Å². The van der Waals surface area contributed by atoms with Gasteiger partial charge in [-0.15, -0.1) is 0 Å². The van der Waals surface area contributed by atoms with Crippen LogP contribution in [0.4, 0.5) is 10.5 Å². The highest BCUT2D eigenvalue weighted by molar-refractivity contribution is 5.85. The number of carbonyl (C=O) groups is 2. The van der Waals surface area contributed by atoms with E-state index in [-0.39, 0.29) is 13.2 Å². The molecule has 0 bridgehead atoms. The smallest absolute Gasteiger partial charge is 0.412 e. The van der Waals surface area contributed by atoms with Crippen molar-refractivity contribution in [1.29, 1.82) is 0 Å². The maximum atomic E-state index is 11.7. The number of rotatable bonds is 6. The Morgan fingerprint density at radius 2 is 1.87 bits per heavy atom. The summed E-state index contributed by atoms with van der Waals surface area (Å²) in [4.78, 5) is 23.0. The fourth-order valence-corrected chi connectivity index (χ4v) is 1.63. The molecule has 0 aliphatic heterocycles. The molecule has 0 aromatic heterocycles. The fourth-order valence-electron chi connectivity index (χ4n) is 1.63. The molecule has 7 heteroatoms. The van der Waals surface area contributed by atoms with Crippen LogP contribution in [0, 0.1) is 0 Å². The van der Waals surface area contributed by atoms with Gasteiger partial charge in [0.2, 0.25) is 0 Å². The summed E-state index contributed by atoms with van der Waals surface area (Å²) in [6.45, 7) is 7.12. The van der Waals surface area contributed by atoms with Crippen LogP contribution in [0.2, 0.25) is 0 Å². The van der Waals surface area contributed by atoms with Gasteiger partial charge in [0.15, 0.2) is 18.1 Å². The molecule has 1 N–H and O–H groups in total. The molecule has 23 heavy (non-hydrogen) atoms. The van der Waals surface area contributed by atoms with E-state index in [2.05, 4.69) is 5.32 Å². The standard InChI is InChI=1S/C16H23NO6/c1-6-21-14(18)10-22-12-8-7-11(9-13(12)20-5)17-15(19)23-16(2,3)4/h7-9H,6,10H2,1-5H3,(H,17,19). The second-order valence-electron chi connectivity index (χ2n) is 5.59. The lowest BCUT2D eigenvalue weighted by Gasteiger charge is -2.20. The minimum absolute atomic E-state index is 0.219. The van der Waals surface area contributed by atoms with Gasteiger partial charge < -0.3 is 18.9 Å². The number of hydrogen-bond acceptors (Lipinski definition) is 6. The molecule has 0 heterocycles. The van der Waals surface area contributed by atoms with Crippen LogP contribution in [-0.4, -0.2) is 38.0 Å². The van der Waals surface area contributed by atoms with E-state index in [0.717, 1.165) is 0 Å². The third kappa shape index (κ3) is 6.90. The number of hydrogen-bond donors (Lipinski definition) is 1. The van der Waals surface area contributed by atoms with Crippen LogP contribution in [-0.2, 0) is 14.3 Å². The van der Waals surface area contributed by atoms with Crippen LogP contribution < -0.4 is 14.8 Å². The molecule has 0 atom stereocenters. The van der Waals surface area contributed by atoms with E-state index in [0.29, 0.717) is 17.2 Å². The lowest BCUT2D eigenvalue weighted by Crippen LogP contribution is -2.27. The Labute approximate surface area is 135 Å². The van der Waals surface area contributed by atoms with Crippen LogP contribution in [0.1, 0.15) is 27.7 Å². The van der Waals surface area contributed by atoms with Crippen LogP contribution in [0.25, 0.3) is 0 Å². The molecule has 0 unspecified atom stereocenters. The Kier molecular flexibility index (Phi) is 6.68. The minimum atomic E-state index is -0.586. The van der Waals surface area contributed by atoms with Gasteiger partial charge in [-0.2, -0.15) is 0 Å². The lowest BCUT2D eigenvalue weighted by molar-refractivity contribution is -0.145. The van der Waals surface area contributed by atoms with Gasteiger partial charge in [0.25, 0.3) is 0 Å². The van der Waals surface area contributed by atoms with E-state index >= 15 is 0 Å². The van der Waals surface area contributed by atoms with Gasteiger partial charge in [-0.25, -0.2) is 9.59 Å².